The number of carbonyl (C=O) groups is 1. The molecule has 0 N–H and O–H groups in total. The average Bonchev–Trinajstić information content (AvgIpc) is 2.57. The Balaban J connectivity index is 1.57. The largest absolute Gasteiger partial charge is 0.491 e. The molecular weight excluding hydrogens is 310 g/mol. The van der Waals surface area contributed by atoms with E-state index in [4.69, 9.17) is 14.2 Å². The fourth-order valence-electron chi connectivity index (χ4n) is 2.79. The minimum Gasteiger partial charge on any atom is -0.491 e. The summed E-state index contributed by atoms with van der Waals surface area (Å²) < 4.78 is 21.6. The number of hydrogen-bond donors (Lipinski definition) is 0. The van der Waals surface area contributed by atoms with Gasteiger partial charge in [-0.2, -0.15) is 0 Å². The van der Waals surface area contributed by atoms with E-state index in [1.165, 1.54) is 7.11 Å². The van der Waals surface area contributed by atoms with Gasteiger partial charge < -0.3 is 18.9 Å². The predicted octanol–water partition coefficient (Wildman–Crippen LogP) is 1.98. The lowest BCUT2D eigenvalue weighted by atomic mass is 10.2. The molecule has 0 unspecified atom stereocenters. The van der Waals surface area contributed by atoms with Gasteiger partial charge in [-0.15, -0.1) is 0 Å². The topological polar surface area (TPSA) is 57.2 Å². The maximum atomic E-state index is 11.3. The van der Waals surface area contributed by atoms with Crippen molar-refractivity contribution in [3.8, 4) is 5.75 Å². The van der Waals surface area contributed by atoms with Gasteiger partial charge in [0.15, 0.2) is 0 Å². The van der Waals surface area contributed by atoms with Crippen LogP contribution in [0.1, 0.15) is 24.2 Å². The molecular formula is C18H27NO5. The number of methoxy groups -OCH3 is 1. The van der Waals surface area contributed by atoms with E-state index in [9.17, 15) is 4.79 Å². The molecule has 0 bridgehead atoms. The number of esters is 1. The summed E-state index contributed by atoms with van der Waals surface area (Å²) in [6.07, 6.45) is 0.565. The Morgan fingerprint density at radius 3 is 2.42 bits per heavy atom. The molecule has 0 radical (unpaired) electrons. The molecule has 6 nitrogen and oxygen atoms in total. The van der Waals surface area contributed by atoms with Gasteiger partial charge >= 0.3 is 5.97 Å². The molecule has 0 amide bonds. The van der Waals surface area contributed by atoms with Crippen LogP contribution >= 0.6 is 0 Å². The minimum atomic E-state index is -0.350. The summed E-state index contributed by atoms with van der Waals surface area (Å²) >= 11 is 0. The van der Waals surface area contributed by atoms with E-state index in [1.807, 2.05) is 0 Å². The second-order valence-corrected chi connectivity index (χ2v) is 5.99. The monoisotopic (exact) mass is 337 g/mol. The van der Waals surface area contributed by atoms with Crippen molar-refractivity contribution in [1.82, 2.24) is 4.90 Å². The zero-order valence-electron chi connectivity index (χ0n) is 14.7. The molecule has 1 fully saturated rings. The van der Waals surface area contributed by atoms with Crippen LogP contribution in [0.2, 0.25) is 0 Å². The van der Waals surface area contributed by atoms with Gasteiger partial charge in [0.2, 0.25) is 0 Å². The Hall–Kier alpha value is -1.63. The molecule has 1 aliphatic heterocycles. The van der Waals surface area contributed by atoms with Crippen LogP contribution in [0.3, 0.4) is 0 Å². The quantitative estimate of drug-likeness (QED) is 0.534. The van der Waals surface area contributed by atoms with Crippen LogP contribution < -0.4 is 4.74 Å². The molecule has 1 heterocycles. The molecule has 0 aromatic heterocycles. The third kappa shape index (κ3) is 6.11. The fourth-order valence-corrected chi connectivity index (χ4v) is 2.79. The highest BCUT2D eigenvalue weighted by molar-refractivity contribution is 5.89. The van der Waals surface area contributed by atoms with E-state index in [0.717, 1.165) is 19.6 Å². The van der Waals surface area contributed by atoms with Crippen LogP contribution in [0.5, 0.6) is 5.75 Å². The van der Waals surface area contributed by atoms with E-state index >= 15 is 0 Å². The summed E-state index contributed by atoms with van der Waals surface area (Å²) in [6, 6.07) is 6.87. The summed E-state index contributed by atoms with van der Waals surface area (Å²) in [5.41, 5.74) is 0.509. The van der Waals surface area contributed by atoms with Gasteiger partial charge in [0, 0.05) is 19.6 Å². The van der Waals surface area contributed by atoms with Crippen LogP contribution in [0.15, 0.2) is 24.3 Å². The van der Waals surface area contributed by atoms with Crippen molar-refractivity contribution in [3.63, 3.8) is 0 Å². The minimum absolute atomic E-state index is 0.282. The molecule has 1 aromatic rings. The van der Waals surface area contributed by atoms with Gasteiger partial charge in [-0.3, -0.25) is 4.90 Å². The van der Waals surface area contributed by atoms with Gasteiger partial charge in [0.1, 0.15) is 12.4 Å². The van der Waals surface area contributed by atoms with E-state index in [0.29, 0.717) is 31.1 Å². The first-order valence-corrected chi connectivity index (χ1v) is 8.35. The van der Waals surface area contributed by atoms with Gasteiger partial charge in [-0.1, -0.05) is 0 Å². The molecule has 1 aromatic carbocycles. The third-order valence-corrected chi connectivity index (χ3v) is 3.82. The first-order chi connectivity index (χ1) is 11.6. The second-order valence-electron chi connectivity index (χ2n) is 5.99. The van der Waals surface area contributed by atoms with Crippen molar-refractivity contribution in [2.45, 2.75) is 26.1 Å². The maximum Gasteiger partial charge on any atom is 0.337 e. The summed E-state index contributed by atoms with van der Waals surface area (Å²) in [5, 5.41) is 0. The molecule has 24 heavy (non-hydrogen) atoms. The van der Waals surface area contributed by atoms with Crippen LogP contribution in [0, 0.1) is 0 Å². The SMILES string of the molecule is COC(=O)c1ccc(OCCOCCN2C[C@@H](C)O[C@@H](C)C2)cc1. The zero-order chi connectivity index (χ0) is 17.4. The number of morpholine rings is 1. The highest BCUT2D eigenvalue weighted by Gasteiger charge is 2.21. The first-order valence-electron chi connectivity index (χ1n) is 8.35. The lowest BCUT2D eigenvalue weighted by molar-refractivity contribution is -0.0734. The number of carbonyl (C=O) groups excluding carboxylic acids is 1. The van der Waals surface area contributed by atoms with Crippen molar-refractivity contribution in [3.05, 3.63) is 29.8 Å². The molecule has 0 saturated carbocycles. The van der Waals surface area contributed by atoms with Gasteiger partial charge in [-0.05, 0) is 38.1 Å². The Labute approximate surface area is 143 Å². The molecule has 0 spiro atoms. The summed E-state index contributed by atoms with van der Waals surface area (Å²) in [5.74, 6) is 0.360. The van der Waals surface area contributed by atoms with Crippen molar-refractivity contribution in [2.24, 2.45) is 0 Å². The lowest BCUT2D eigenvalue weighted by Gasteiger charge is -2.35. The zero-order valence-corrected chi connectivity index (χ0v) is 14.7. The Kier molecular flexibility index (Phi) is 7.49. The fraction of sp³-hybridized carbons (Fsp3) is 0.611. The van der Waals surface area contributed by atoms with Crippen LogP contribution in [0.25, 0.3) is 0 Å². The van der Waals surface area contributed by atoms with Crippen molar-refractivity contribution < 1.29 is 23.7 Å². The summed E-state index contributed by atoms with van der Waals surface area (Å²) in [4.78, 5) is 13.7. The molecule has 1 saturated heterocycles. The van der Waals surface area contributed by atoms with Crippen LogP contribution in [0.4, 0.5) is 0 Å². The Morgan fingerprint density at radius 1 is 1.12 bits per heavy atom. The third-order valence-electron chi connectivity index (χ3n) is 3.82. The molecule has 2 rings (SSSR count). The maximum absolute atomic E-state index is 11.3. The molecule has 0 aliphatic carbocycles. The van der Waals surface area contributed by atoms with E-state index in [2.05, 4.69) is 23.5 Å². The highest BCUT2D eigenvalue weighted by atomic mass is 16.5. The number of nitrogens with zero attached hydrogens (tertiary/aromatic N) is 1. The van der Waals surface area contributed by atoms with E-state index in [-0.39, 0.29) is 18.2 Å². The van der Waals surface area contributed by atoms with E-state index < -0.39 is 0 Å². The normalized spacial score (nSPS) is 21.5. The van der Waals surface area contributed by atoms with Crippen LogP contribution in [-0.2, 0) is 14.2 Å². The lowest BCUT2D eigenvalue weighted by Crippen LogP contribution is -2.46. The molecule has 134 valence electrons. The Bertz CT molecular complexity index is 495. The number of ether oxygens (including phenoxy) is 4. The van der Waals surface area contributed by atoms with Gasteiger partial charge in [0.05, 0.1) is 38.1 Å². The summed E-state index contributed by atoms with van der Waals surface area (Å²) in [6.45, 7) is 8.72. The van der Waals surface area contributed by atoms with Crippen molar-refractivity contribution in [2.75, 3.05) is 46.6 Å². The average molecular weight is 337 g/mol. The number of benzene rings is 1. The van der Waals surface area contributed by atoms with Crippen molar-refractivity contribution in [1.29, 1.82) is 0 Å². The standard InChI is InChI=1S/C18H27NO5/c1-14-12-19(13-15(2)24-14)8-9-22-10-11-23-17-6-4-16(5-7-17)18(20)21-3/h4-7,14-15H,8-13H2,1-3H3/t14-,15+. The molecule has 1 aliphatic rings. The summed E-state index contributed by atoms with van der Waals surface area (Å²) in [7, 11) is 1.36. The molecule has 2 atom stereocenters. The first kappa shape index (κ1) is 18.7. The highest BCUT2D eigenvalue weighted by Crippen LogP contribution is 2.13. The predicted molar refractivity (Wildman–Crippen MR) is 90.5 cm³/mol. The Morgan fingerprint density at radius 2 is 1.79 bits per heavy atom. The number of rotatable bonds is 8. The van der Waals surface area contributed by atoms with Crippen LogP contribution in [-0.4, -0.2) is 69.6 Å². The smallest absolute Gasteiger partial charge is 0.337 e. The second kappa shape index (κ2) is 9.61. The van der Waals surface area contributed by atoms with Gasteiger partial charge in [0.25, 0.3) is 0 Å². The van der Waals surface area contributed by atoms with Crippen molar-refractivity contribution >= 4 is 5.97 Å². The van der Waals surface area contributed by atoms with E-state index in [1.54, 1.807) is 24.3 Å². The van der Waals surface area contributed by atoms with Gasteiger partial charge in [-0.25, -0.2) is 4.79 Å². The molecule has 6 heteroatoms. The number of hydrogen-bond acceptors (Lipinski definition) is 6.